The highest BCUT2D eigenvalue weighted by molar-refractivity contribution is 8.00. The van der Waals surface area contributed by atoms with Gasteiger partial charge in [-0.15, -0.1) is 21.5 Å². The lowest BCUT2D eigenvalue weighted by atomic mass is 9.87. The van der Waals surface area contributed by atoms with Crippen LogP contribution < -0.4 is 5.32 Å². The lowest BCUT2D eigenvalue weighted by molar-refractivity contribution is -0.120. The van der Waals surface area contributed by atoms with Crippen LogP contribution in [0.3, 0.4) is 0 Å². The summed E-state index contributed by atoms with van der Waals surface area (Å²) in [7, 11) is 1.94. The van der Waals surface area contributed by atoms with Crippen molar-refractivity contribution in [1.29, 1.82) is 0 Å². The third kappa shape index (κ3) is 4.83. The van der Waals surface area contributed by atoms with Crippen molar-refractivity contribution >= 4 is 29.0 Å². The molecule has 0 spiro atoms. The molecule has 7 heteroatoms. The second-order valence-corrected chi connectivity index (χ2v) is 10.1. The van der Waals surface area contributed by atoms with E-state index in [1.807, 2.05) is 36.1 Å². The number of carbonyl (C=O) groups excluding carboxylic acids is 1. The van der Waals surface area contributed by atoms with Gasteiger partial charge < -0.3 is 9.88 Å². The maximum atomic E-state index is 12.4. The minimum atomic E-state index is -0.251. The Morgan fingerprint density at radius 1 is 1.21 bits per heavy atom. The Hall–Kier alpha value is -2.12. The second kappa shape index (κ2) is 8.49. The maximum Gasteiger partial charge on any atom is 0.233 e. The molecule has 1 aromatic carbocycles. The third-order valence-corrected chi connectivity index (χ3v) is 6.52. The van der Waals surface area contributed by atoms with Crippen LogP contribution in [0.15, 0.2) is 46.9 Å². The normalized spacial score (nSPS) is 12.8. The fourth-order valence-electron chi connectivity index (χ4n) is 2.73. The number of aromatic nitrogens is 3. The molecule has 3 rings (SSSR count). The highest BCUT2D eigenvalue weighted by Gasteiger charge is 2.20. The first-order valence-electron chi connectivity index (χ1n) is 9.23. The van der Waals surface area contributed by atoms with Gasteiger partial charge in [0.1, 0.15) is 0 Å². The number of hydrogen-bond acceptors (Lipinski definition) is 5. The van der Waals surface area contributed by atoms with Gasteiger partial charge >= 0.3 is 0 Å². The van der Waals surface area contributed by atoms with Crippen molar-refractivity contribution in [3.05, 3.63) is 52.2 Å². The van der Waals surface area contributed by atoms with Gasteiger partial charge in [-0.3, -0.25) is 4.79 Å². The van der Waals surface area contributed by atoms with Crippen LogP contribution >= 0.6 is 23.1 Å². The Labute approximate surface area is 174 Å². The summed E-state index contributed by atoms with van der Waals surface area (Å²) < 4.78 is 1.94. The van der Waals surface area contributed by atoms with Crippen molar-refractivity contribution in [2.24, 2.45) is 7.05 Å². The number of hydrogen-bond donors (Lipinski definition) is 1. The summed E-state index contributed by atoms with van der Waals surface area (Å²) in [6.45, 7) is 9.05. The molecule has 0 bridgehead atoms. The molecule has 1 atom stereocenters. The summed E-state index contributed by atoms with van der Waals surface area (Å²) in [5.74, 6) is 0.798. The number of thiophene rings is 1. The van der Waals surface area contributed by atoms with Gasteiger partial charge in [-0.05, 0) is 29.3 Å². The van der Waals surface area contributed by atoms with Crippen LogP contribution in [0.5, 0.6) is 0 Å². The van der Waals surface area contributed by atoms with Crippen LogP contribution in [-0.4, -0.2) is 25.9 Å². The van der Waals surface area contributed by atoms with Gasteiger partial charge in [0, 0.05) is 17.5 Å². The molecule has 1 amide bonds. The van der Waals surface area contributed by atoms with Crippen LogP contribution in [0.4, 0.5) is 0 Å². The molecular weight excluding hydrogens is 388 g/mol. The van der Waals surface area contributed by atoms with Gasteiger partial charge in [0.15, 0.2) is 11.0 Å². The van der Waals surface area contributed by atoms with Gasteiger partial charge in [-0.2, -0.15) is 0 Å². The first-order valence-corrected chi connectivity index (χ1v) is 11.0. The Morgan fingerprint density at radius 3 is 2.54 bits per heavy atom. The smallest absolute Gasteiger partial charge is 0.233 e. The molecule has 3 aromatic rings. The van der Waals surface area contributed by atoms with Gasteiger partial charge in [0.25, 0.3) is 0 Å². The van der Waals surface area contributed by atoms with Crippen molar-refractivity contribution in [1.82, 2.24) is 20.1 Å². The summed E-state index contributed by atoms with van der Waals surface area (Å²) in [5, 5.41) is 14.1. The fourth-order valence-corrected chi connectivity index (χ4v) is 4.21. The Bertz CT molecular complexity index is 924. The summed E-state index contributed by atoms with van der Waals surface area (Å²) >= 11 is 3.06. The van der Waals surface area contributed by atoms with E-state index in [0.717, 1.165) is 21.4 Å². The number of rotatable bonds is 6. The van der Waals surface area contributed by atoms with Crippen LogP contribution in [0.25, 0.3) is 11.4 Å². The summed E-state index contributed by atoms with van der Waals surface area (Å²) in [4.78, 5) is 13.5. The molecule has 0 aliphatic heterocycles. The zero-order chi connectivity index (χ0) is 20.3. The zero-order valence-electron chi connectivity index (χ0n) is 16.9. The van der Waals surface area contributed by atoms with E-state index in [2.05, 4.69) is 60.6 Å². The topological polar surface area (TPSA) is 59.8 Å². The van der Waals surface area contributed by atoms with E-state index in [1.165, 1.54) is 17.3 Å². The molecule has 5 nitrogen and oxygen atoms in total. The monoisotopic (exact) mass is 414 g/mol. The largest absolute Gasteiger partial charge is 0.350 e. The lowest BCUT2D eigenvalue weighted by Gasteiger charge is -2.19. The predicted molar refractivity (Wildman–Crippen MR) is 117 cm³/mol. The molecule has 2 aromatic heterocycles. The van der Waals surface area contributed by atoms with Crippen molar-refractivity contribution in [2.45, 2.75) is 50.1 Å². The quantitative estimate of drug-likeness (QED) is 0.597. The van der Waals surface area contributed by atoms with Gasteiger partial charge in [0.2, 0.25) is 5.91 Å². The first kappa shape index (κ1) is 20.6. The standard InChI is InChI=1S/C21H26N4OS2/c1-14(19(26)22-13-17-7-6-12-27-17)28-20-24-23-18(25(20)5)15-8-10-16(11-9-15)21(2,3)4/h6-12,14H,13H2,1-5H3,(H,22,26)/t14-/m0/s1. The third-order valence-electron chi connectivity index (χ3n) is 4.51. The SMILES string of the molecule is C[C@H](Sc1nnc(-c2ccc(C(C)(C)C)cc2)n1C)C(=O)NCc1cccs1. The molecule has 148 valence electrons. The highest BCUT2D eigenvalue weighted by Crippen LogP contribution is 2.28. The number of nitrogens with zero attached hydrogens (tertiary/aromatic N) is 3. The molecule has 1 N–H and O–H groups in total. The minimum absolute atomic E-state index is 0.00233. The van der Waals surface area contributed by atoms with E-state index in [-0.39, 0.29) is 16.6 Å². The Balaban J connectivity index is 1.66. The van der Waals surface area contributed by atoms with Crippen molar-refractivity contribution in [3.8, 4) is 11.4 Å². The molecule has 0 aliphatic rings. The van der Waals surface area contributed by atoms with E-state index < -0.39 is 0 Å². The molecule has 0 saturated heterocycles. The molecule has 28 heavy (non-hydrogen) atoms. The fraction of sp³-hybridized carbons (Fsp3) is 0.381. The maximum absolute atomic E-state index is 12.4. The molecule has 0 aliphatic carbocycles. The van der Waals surface area contributed by atoms with Crippen LogP contribution in [-0.2, 0) is 23.8 Å². The van der Waals surface area contributed by atoms with Crippen molar-refractivity contribution in [2.75, 3.05) is 0 Å². The van der Waals surface area contributed by atoms with Gasteiger partial charge in [0.05, 0.1) is 11.8 Å². The van der Waals surface area contributed by atoms with E-state index in [1.54, 1.807) is 11.3 Å². The lowest BCUT2D eigenvalue weighted by Crippen LogP contribution is -2.30. The van der Waals surface area contributed by atoms with Gasteiger partial charge in [-0.25, -0.2) is 0 Å². The number of carbonyl (C=O) groups is 1. The summed E-state index contributed by atoms with van der Waals surface area (Å²) in [6.07, 6.45) is 0. The van der Waals surface area contributed by atoms with E-state index in [9.17, 15) is 4.79 Å². The first-order chi connectivity index (χ1) is 13.3. The molecule has 2 heterocycles. The Morgan fingerprint density at radius 2 is 1.93 bits per heavy atom. The van der Waals surface area contributed by atoms with E-state index >= 15 is 0 Å². The zero-order valence-corrected chi connectivity index (χ0v) is 18.5. The number of amides is 1. The average Bonchev–Trinajstić information content (AvgIpc) is 3.29. The van der Waals surface area contributed by atoms with Crippen LogP contribution in [0, 0.1) is 0 Å². The number of thioether (sulfide) groups is 1. The summed E-state index contributed by atoms with van der Waals surface area (Å²) in [5.41, 5.74) is 2.42. The second-order valence-electron chi connectivity index (χ2n) is 7.75. The van der Waals surface area contributed by atoms with E-state index in [0.29, 0.717) is 6.54 Å². The van der Waals surface area contributed by atoms with Crippen LogP contribution in [0.1, 0.15) is 38.1 Å². The average molecular weight is 415 g/mol. The van der Waals surface area contributed by atoms with Crippen LogP contribution in [0.2, 0.25) is 0 Å². The van der Waals surface area contributed by atoms with E-state index in [4.69, 9.17) is 0 Å². The highest BCUT2D eigenvalue weighted by atomic mass is 32.2. The predicted octanol–water partition coefficient (Wildman–Crippen LogP) is 4.64. The molecular formula is C21H26N4OS2. The van der Waals surface area contributed by atoms with Crippen molar-refractivity contribution < 1.29 is 4.79 Å². The number of benzene rings is 1. The molecule has 0 fully saturated rings. The molecule has 0 radical (unpaired) electrons. The Kier molecular flexibility index (Phi) is 6.25. The summed E-state index contributed by atoms with van der Waals surface area (Å²) in [6, 6.07) is 12.4. The molecule has 0 unspecified atom stereocenters. The van der Waals surface area contributed by atoms with Gasteiger partial charge in [-0.1, -0.05) is 62.9 Å². The van der Waals surface area contributed by atoms with Crippen molar-refractivity contribution in [3.63, 3.8) is 0 Å². The number of nitrogens with one attached hydrogen (secondary N) is 1. The molecule has 0 saturated carbocycles. The minimum Gasteiger partial charge on any atom is -0.350 e.